The predicted molar refractivity (Wildman–Crippen MR) is 111 cm³/mol. The number of aryl methyl sites for hydroxylation is 2. The lowest BCUT2D eigenvalue weighted by Crippen LogP contribution is -2.33. The second-order valence-electron chi connectivity index (χ2n) is 6.65. The molecule has 152 valence electrons. The number of fused-ring (bicyclic) bond motifs is 1. The van der Waals surface area contributed by atoms with Crippen LogP contribution in [0, 0.1) is 19.7 Å². The third-order valence-electron chi connectivity index (χ3n) is 4.50. The average Bonchev–Trinajstić information content (AvgIpc) is 2.98. The number of aromatic nitrogens is 2. The molecule has 0 atom stereocenters. The molecule has 0 aliphatic carbocycles. The van der Waals surface area contributed by atoms with Crippen LogP contribution in [0.4, 0.5) is 10.1 Å². The number of thiophene rings is 1. The largest absolute Gasteiger partial charge is 0.355 e. The van der Waals surface area contributed by atoms with Gasteiger partial charge in [0.05, 0.1) is 11.7 Å². The highest BCUT2D eigenvalue weighted by atomic mass is 32.1. The van der Waals surface area contributed by atoms with E-state index < -0.39 is 0 Å². The molecule has 2 aromatic heterocycles. The molecule has 0 radical (unpaired) electrons. The van der Waals surface area contributed by atoms with Crippen LogP contribution in [0.1, 0.15) is 23.3 Å². The highest BCUT2D eigenvalue weighted by Gasteiger charge is 2.13. The summed E-state index contributed by atoms with van der Waals surface area (Å²) in [4.78, 5) is 42.6. The van der Waals surface area contributed by atoms with Crippen LogP contribution < -0.4 is 16.2 Å². The predicted octanol–water partition coefficient (Wildman–Crippen LogP) is 2.75. The molecule has 0 aliphatic rings. The first kappa shape index (κ1) is 20.7. The molecule has 1 aromatic carbocycles. The summed E-state index contributed by atoms with van der Waals surface area (Å²) >= 11 is 1.46. The Morgan fingerprint density at radius 2 is 1.90 bits per heavy atom. The van der Waals surface area contributed by atoms with Gasteiger partial charge >= 0.3 is 0 Å². The van der Waals surface area contributed by atoms with Gasteiger partial charge in [-0.2, -0.15) is 0 Å². The summed E-state index contributed by atoms with van der Waals surface area (Å²) in [5.74, 6) is -0.916. The second kappa shape index (κ2) is 8.95. The van der Waals surface area contributed by atoms with Crippen molar-refractivity contribution in [1.29, 1.82) is 0 Å². The van der Waals surface area contributed by atoms with E-state index in [-0.39, 0.29) is 36.2 Å². The molecule has 0 saturated carbocycles. The summed E-state index contributed by atoms with van der Waals surface area (Å²) in [5, 5.41) is 5.91. The number of nitrogens with one attached hydrogen (secondary N) is 2. The van der Waals surface area contributed by atoms with Gasteiger partial charge in [-0.15, -0.1) is 11.3 Å². The third-order valence-corrected chi connectivity index (χ3v) is 5.62. The normalized spacial score (nSPS) is 10.9. The summed E-state index contributed by atoms with van der Waals surface area (Å²) in [7, 11) is 0. The van der Waals surface area contributed by atoms with Crippen molar-refractivity contribution in [2.45, 2.75) is 33.2 Å². The van der Waals surface area contributed by atoms with Crippen molar-refractivity contribution in [3.63, 3.8) is 0 Å². The van der Waals surface area contributed by atoms with Crippen molar-refractivity contribution in [2.75, 3.05) is 11.9 Å². The molecule has 2 N–H and O–H groups in total. The summed E-state index contributed by atoms with van der Waals surface area (Å²) in [6.07, 6.45) is 2.03. The Kier molecular flexibility index (Phi) is 6.38. The number of rotatable bonds is 7. The van der Waals surface area contributed by atoms with Gasteiger partial charge in [0.1, 0.15) is 17.2 Å². The zero-order valence-corrected chi connectivity index (χ0v) is 16.9. The van der Waals surface area contributed by atoms with Crippen LogP contribution >= 0.6 is 11.3 Å². The average molecular weight is 416 g/mol. The third kappa shape index (κ3) is 5.05. The Hall–Kier alpha value is -3.07. The molecule has 0 spiro atoms. The van der Waals surface area contributed by atoms with Gasteiger partial charge in [0.2, 0.25) is 11.8 Å². The van der Waals surface area contributed by atoms with E-state index >= 15 is 0 Å². The van der Waals surface area contributed by atoms with Crippen molar-refractivity contribution >= 4 is 39.1 Å². The molecular weight excluding hydrogens is 395 g/mol. The number of benzene rings is 1. The van der Waals surface area contributed by atoms with Crippen LogP contribution in [0.2, 0.25) is 0 Å². The minimum atomic E-state index is -0.372. The molecule has 0 saturated heterocycles. The van der Waals surface area contributed by atoms with E-state index in [4.69, 9.17) is 0 Å². The van der Waals surface area contributed by atoms with Crippen molar-refractivity contribution in [1.82, 2.24) is 14.9 Å². The lowest BCUT2D eigenvalue weighted by Gasteiger charge is -2.08. The zero-order valence-electron chi connectivity index (χ0n) is 16.1. The molecule has 0 aliphatic heterocycles. The number of amides is 2. The minimum absolute atomic E-state index is 0.127. The lowest BCUT2D eigenvalue weighted by molar-refractivity contribution is -0.122. The highest BCUT2D eigenvalue weighted by molar-refractivity contribution is 7.18. The fourth-order valence-corrected chi connectivity index (χ4v) is 3.81. The summed E-state index contributed by atoms with van der Waals surface area (Å²) in [5.41, 5.74) is 1.18. The highest BCUT2D eigenvalue weighted by Crippen LogP contribution is 2.25. The van der Waals surface area contributed by atoms with Gasteiger partial charge in [-0.05, 0) is 50.1 Å². The Bertz CT molecular complexity index is 1110. The van der Waals surface area contributed by atoms with Crippen molar-refractivity contribution in [3.8, 4) is 0 Å². The number of nitrogens with zero attached hydrogens (tertiary/aromatic N) is 2. The SMILES string of the molecule is Cc1sc2ncn(CC(=O)NCCCC(=O)Nc3ccc(F)cc3)c(=O)c2c1C. The van der Waals surface area contributed by atoms with E-state index in [1.807, 2.05) is 13.8 Å². The maximum Gasteiger partial charge on any atom is 0.262 e. The number of carbonyl (C=O) groups is 2. The van der Waals surface area contributed by atoms with Gasteiger partial charge in [0.15, 0.2) is 0 Å². The van der Waals surface area contributed by atoms with E-state index in [1.54, 1.807) is 0 Å². The standard InChI is InChI=1S/C20H21FN4O3S/c1-12-13(2)29-19-18(12)20(28)25(11-23-19)10-17(27)22-9-3-4-16(26)24-15-7-5-14(21)6-8-15/h5-8,11H,3-4,9-10H2,1-2H3,(H,22,27)(H,24,26). The molecule has 29 heavy (non-hydrogen) atoms. The molecular formula is C20H21FN4O3S. The van der Waals surface area contributed by atoms with Gasteiger partial charge in [-0.1, -0.05) is 0 Å². The Morgan fingerprint density at radius 3 is 2.62 bits per heavy atom. The number of carbonyl (C=O) groups excluding carboxylic acids is 2. The monoisotopic (exact) mass is 416 g/mol. The van der Waals surface area contributed by atoms with E-state index in [9.17, 15) is 18.8 Å². The second-order valence-corrected chi connectivity index (χ2v) is 7.85. The maximum absolute atomic E-state index is 12.8. The molecule has 7 nitrogen and oxygen atoms in total. The molecule has 0 bridgehead atoms. The van der Waals surface area contributed by atoms with Crippen LogP contribution in [0.5, 0.6) is 0 Å². The Balaban J connectivity index is 1.46. The zero-order chi connectivity index (χ0) is 21.0. The molecule has 9 heteroatoms. The number of hydrogen-bond donors (Lipinski definition) is 2. The first-order valence-corrected chi connectivity index (χ1v) is 9.94. The first-order chi connectivity index (χ1) is 13.8. The molecule has 0 fully saturated rings. The fourth-order valence-electron chi connectivity index (χ4n) is 2.83. The summed E-state index contributed by atoms with van der Waals surface area (Å²) in [6, 6.07) is 5.49. The van der Waals surface area contributed by atoms with Crippen molar-refractivity contribution in [2.24, 2.45) is 0 Å². The van der Waals surface area contributed by atoms with Crippen molar-refractivity contribution in [3.05, 3.63) is 57.2 Å². The Morgan fingerprint density at radius 1 is 1.17 bits per heavy atom. The van der Waals surface area contributed by atoms with Crippen LogP contribution in [-0.4, -0.2) is 27.9 Å². The summed E-state index contributed by atoms with van der Waals surface area (Å²) < 4.78 is 14.1. The van der Waals surface area contributed by atoms with Gasteiger partial charge in [0.25, 0.3) is 5.56 Å². The van der Waals surface area contributed by atoms with E-state index in [2.05, 4.69) is 15.6 Å². The lowest BCUT2D eigenvalue weighted by atomic mass is 10.2. The maximum atomic E-state index is 12.8. The van der Waals surface area contributed by atoms with Crippen LogP contribution in [-0.2, 0) is 16.1 Å². The molecule has 3 rings (SSSR count). The summed E-state index contributed by atoms with van der Waals surface area (Å²) in [6.45, 7) is 3.98. The van der Waals surface area contributed by atoms with E-state index in [0.29, 0.717) is 28.9 Å². The van der Waals surface area contributed by atoms with E-state index in [0.717, 1.165) is 10.4 Å². The molecule has 2 amide bonds. The number of anilines is 1. The van der Waals surface area contributed by atoms with Gasteiger partial charge in [-0.25, -0.2) is 9.37 Å². The Labute approximate surface area is 170 Å². The minimum Gasteiger partial charge on any atom is -0.355 e. The molecule has 3 aromatic rings. The number of hydrogen-bond acceptors (Lipinski definition) is 5. The van der Waals surface area contributed by atoms with E-state index in [1.165, 1.54) is 46.5 Å². The quantitative estimate of drug-likeness (QED) is 0.579. The van der Waals surface area contributed by atoms with Crippen LogP contribution in [0.25, 0.3) is 10.2 Å². The first-order valence-electron chi connectivity index (χ1n) is 9.12. The number of halogens is 1. The molecule has 2 heterocycles. The van der Waals surface area contributed by atoms with Crippen molar-refractivity contribution < 1.29 is 14.0 Å². The topological polar surface area (TPSA) is 93.1 Å². The van der Waals surface area contributed by atoms with Crippen LogP contribution in [0.3, 0.4) is 0 Å². The smallest absolute Gasteiger partial charge is 0.262 e. The molecule has 0 unspecified atom stereocenters. The van der Waals surface area contributed by atoms with Gasteiger partial charge in [-0.3, -0.25) is 19.0 Å². The fraction of sp³-hybridized carbons (Fsp3) is 0.300. The van der Waals surface area contributed by atoms with Crippen LogP contribution in [0.15, 0.2) is 35.4 Å². The van der Waals surface area contributed by atoms with Gasteiger partial charge < -0.3 is 10.6 Å². The van der Waals surface area contributed by atoms with Gasteiger partial charge in [0, 0.05) is 23.5 Å².